The molecule has 0 aromatic carbocycles. The molecule has 28 N–H and O–H groups in total. The number of nitrogens with zero attached hydrogens (tertiary/aromatic N) is 1. The number of aliphatic carboxylic acids is 1. The predicted molar refractivity (Wildman–Crippen MR) is 420 cm³/mol. The number of fused-ring (bicyclic) bond motifs is 2. The minimum Gasteiger partial charge on any atom is -0.548 e. The summed E-state index contributed by atoms with van der Waals surface area (Å²) in [6.07, 6.45) is -11.1. The Balaban J connectivity index is 1.42. The van der Waals surface area contributed by atoms with E-state index >= 15 is 14.4 Å². The highest BCUT2D eigenvalue weighted by Gasteiger charge is 2.54. The van der Waals surface area contributed by atoms with Crippen molar-refractivity contribution in [3.8, 4) is 0 Å². The predicted octanol–water partition coefficient (Wildman–Crippen LogP) is -13.1. The van der Waals surface area contributed by atoms with Crippen molar-refractivity contribution in [2.24, 2.45) is 35.1 Å². The molecule has 121 heavy (non-hydrogen) atoms. The number of aliphatic hydroxyl groups excluding tert-OH is 11. The third kappa shape index (κ3) is 29.3. The first-order valence-corrected chi connectivity index (χ1v) is 42.0. The first-order chi connectivity index (χ1) is 57.2. The molecule has 7 fully saturated rings. The molecule has 25 unspecified atom stereocenters. The number of primary amides is 2. The van der Waals surface area contributed by atoms with Crippen LogP contribution >= 0.6 is 15.9 Å². The van der Waals surface area contributed by atoms with E-state index in [1.165, 1.54) is 17.9 Å². The molecule has 25 atom stereocenters. The van der Waals surface area contributed by atoms with Gasteiger partial charge in [-0.2, -0.15) is 0 Å². The number of nitrogens with two attached hydrogens (primary N) is 2. The zero-order valence-electron chi connectivity index (χ0n) is 67.8. The van der Waals surface area contributed by atoms with Crippen molar-refractivity contribution in [2.75, 3.05) is 46.1 Å². The van der Waals surface area contributed by atoms with Gasteiger partial charge in [-0.15, -0.1) is 0 Å². The number of rotatable bonds is 18. The molecular weight excluding hydrogens is 1660 g/mol. The highest BCUT2D eigenvalue weighted by atomic mass is 79.9. The summed E-state index contributed by atoms with van der Waals surface area (Å²) >= 11 is 3.55. The van der Waals surface area contributed by atoms with Crippen molar-refractivity contribution < 1.29 is 143 Å². The Labute approximate surface area is 705 Å². The van der Waals surface area contributed by atoms with Crippen LogP contribution in [0.5, 0.6) is 0 Å². The molecule has 0 spiro atoms. The van der Waals surface area contributed by atoms with Crippen LogP contribution in [-0.4, -0.2) is 334 Å². The molecule has 680 valence electrons. The molecule has 4 saturated heterocycles. The van der Waals surface area contributed by atoms with Gasteiger partial charge in [-0.05, 0) is 88.9 Å². The minimum absolute atomic E-state index is 0.0371. The van der Waals surface area contributed by atoms with Gasteiger partial charge in [0.05, 0.1) is 82.1 Å². The fourth-order valence-corrected chi connectivity index (χ4v) is 17.0. The number of quaternary nitrogens is 1. The van der Waals surface area contributed by atoms with Gasteiger partial charge < -0.3 is 146 Å². The van der Waals surface area contributed by atoms with Gasteiger partial charge in [-0.25, -0.2) is 4.90 Å². The smallest absolute Gasteiger partial charge is 0.251 e. The highest BCUT2D eigenvalue weighted by molar-refractivity contribution is 9.09. The van der Waals surface area contributed by atoms with Crippen LogP contribution in [0.3, 0.4) is 0 Å². The number of carbonyl (C=O) groups excluding carboxylic acids is 15. The Hall–Kier alpha value is -8.55. The summed E-state index contributed by atoms with van der Waals surface area (Å²) in [7, 11) is 0. The second-order valence-electron chi connectivity index (χ2n) is 32.8. The number of ether oxygens (including phenoxy) is 1. The van der Waals surface area contributed by atoms with Gasteiger partial charge in [0.25, 0.3) is 5.91 Å². The Kier molecular flexibility index (Phi) is 39.0. The van der Waals surface area contributed by atoms with Crippen molar-refractivity contribution >= 4 is 105 Å². The van der Waals surface area contributed by atoms with Crippen LogP contribution in [0.15, 0.2) is 23.8 Å². The quantitative estimate of drug-likeness (QED) is 0.0448. The van der Waals surface area contributed by atoms with Crippen molar-refractivity contribution in [1.29, 1.82) is 0 Å². The van der Waals surface area contributed by atoms with Gasteiger partial charge >= 0.3 is 0 Å². The molecule has 7 rings (SSSR count). The molecule has 4 bridgehead atoms. The maximum Gasteiger partial charge on any atom is 0.251 e. The average molecular weight is 1790 g/mol. The molecule has 3 saturated carbocycles. The summed E-state index contributed by atoms with van der Waals surface area (Å²) in [6, 6.07) is -24.4. The zero-order chi connectivity index (χ0) is 89.4. The van der Waals surface area contributed by atoms with E-state index in [2.05, 4.69) is 69.1 Å². The summed E-state index contributed by atoms with van der Waals surface area (Å²) < 4.78 is 6.02. The number of carboxylic acid groups (broad SMARTS) is 1. The first kappa shape index (κ1) is 99.6. The van der Waals surface area contributed by atoms with Gasteiger partial charge in [-0.3, -0.25) is 72.0 Å². The number of alkyl halides is 1. The number of halogens is 1. The summed E-state index contributed by atoms with van der Waals surface area (Å²) in [5, 5.41) is 164. The van der Waals surface area contributed by atoms with E-state index in [-0.39, 0.29) is 28.0 Å². The molecule has 4 aliphatic heterocycles. The molecule has 4 heterocycles. The van der Waals surface area contributed by atoms with E-state index in [0.717, 1.165) is 45.4 Å². The van der Waals surface area contributed by atoms with Crippen molar-refractivity contribution in [3.05, 3.63) is 23.8 Å². The fourth-order valence-electron chi connectivity index (χ4n) is 16.5. The van der Waals surface area contributed by atoms with Crippen LogP contribution in [-0.2, 0) is 76.7 Å². The van der Waals surface area contributed by atoms with Gasteiger partial charge in [0, 0.05) is 24.2 Å². The number of allylic oxidation sites excluding steroid dienone is 3. The number of hydrogen-bond donors (Lipinski definition) is 26. The Morgan fingerprint density at radius 3 is 1.75 bits per heavy atom. The van der Waals surface area contributed by atoms with E-state index in [1.54, 1.807) is 13.0 Å². The van der Waals surface area contributed by atoms with Crippen molar-refractivity contribution in [3.63, 3.8) is 0 Å². The van der Waals surface area contributed by atoms with E-state index in [4.69, 9.17) is 16.2 Å². The van der Waals surface area contributed by atoms with Crippen molar-refractivity contribution in [1.82, 2.24) is 68.7 Å². The van der Waals surface area contributed by atoms with E-state index in [0.29, 0.717) is 56.9 Å². The second kappa shape index (κ2) is 47.4. The number of nitrogens with one attached hydrogen (secondary N) is 13. The molecule has 7 aliphatic rings. The number of aliphatic hydroxyl groups is 11. The second-order valence-corrected chi connectivity index (χ2v) is 34.1. The number of carboxylic acids is 1. The van der Waals surface area contributed by atoms with Crippen LogP contribution in [0.2, 0.25) is 0 Å². The normalized spacial score (nSPS) is 35.2. The molecule has 0 radical (unpaired) electrons. The summed E-state index contributed by atoms with van der Waals surface area (Å²) in [6.45, 7) is -2.65. The van der Waals surface area contributed by atoms with Gasteiger partial charge in [0.1, 0.15) is 91.5 Å². The lowest BCUT2D eigenvalue weighted by molar-refractivity contribution is -0.970. The van der Waals surface area contributed by atoms with Crippen LogP contribution in [0.4, 0.5) is 0 Å². The first-order valence-electron chi connectivity index (χ1n) is 41.1. The molecule has 44 nitrogen and oxygen atoms in total. The van der Waals surface area contributed by atoms with Crippen LogP contribution < -0.4 is 85.3 Å². The molecule has 14 amide bonds. The van der Waals surface area contributed by atoms with Crippen molar-refractivity contribution in [2.45, 2.75) is 288 Å². The molecular formula is C76H121BrN16O28. The highest BCUT2D eigenvalue weighted by Crippen LogP contribution is 2.35. The monoisotopic (exact) mass is 1780 g/mol. The standard InChI is InChI=1S/C76H121BrN16O28/c1-34(14-15-37-10-6-4-7-11-37)20-51(99)43-26-56(103)82-49(30-94)69(113)87-48-29-92-28-41(93(33-92)75-63(107)62(106)60(104)53(32-96)121-75)22-45(66(110)90-58(36(3)97)73(117)88-50(31-95)70(114)84-44(65(109)83-43)21-38-12-8-5-9-13-38)81-55(102)24-42(98)23-47(76(119)120)86-71(115)52(100)27-80-72(116)57(35(2)39-16-18-40(77)19-17-39)89-74(118)59(61(105)64(79)108)91-67(111)46(25-54(78)101)85-68(48)112/h14-15,20,35-53,57-63,75,94-100,104-107H,4-13,16-19,21-33H2,1-3H3,(H2,78,101)(H2,79,108)(H,80,116)(H,81,102)(H,82,103)(H,83,109)(H,84,114)(H,85,112)(H,86,115)(H,87,113)(H,88,117)(H,89,118)(H,90,110)(H,91,111)(H,119,120). The van der Waals surface area contributed by atoms with E-state index < -0.39 is 312 Å². The number of hydrogen-bond acceptors (Lipinski definition) is 29. The Morgan fingerprint density at radius 1 is 0.579 bits per heavy atom. The Morgan fingerprint density at radius 2 is 1.14 bits per heavy atom. The molecule has 3 aliphatic carbocycles. The fraction of sp³-hybridized carbons (Fsp3) is 0.750. The number of amides is 14. The lowest BCUT2D eigenvalue weighted by Gasteiger charge is -2.42. The van der Waals surface area contributed by atoms with Crippen LogP contribution in [0.25, 0.3) is 0 Å². The molecule has 45 heteroatoms. The van der Waals surface area contributed by atoms with Gasteiger partial charge in [0.15, 0.2) is 12.2 Å². The summed E-state index contributed by atoms with van der Waals surface area (Å²) in [5.74, 6) is -23.0. The van der Waals surface area contributed by atoms with Crippen LogP contribution in [0.1, 0.15) is 149 Å². The van der Waals surface area contributed by atoms with E-state index in [9.17, 15) is 119 Å². The third-order valence-corrected chi connectivity index (χ3v) is 24.4. The largest absolute Gasteiger partial charge is 0.548 e. The minimum atomic E-state index is -2.73. The van der Waals surface area contributed by atoms with Gasteiger partial charge in [-0.1, -0.05) is 98.0 Å². The summed E-state index contributed by atoms with van der Waals surface area (Å²) in [4.78, 5) is 217. The lowest BCUT2D eigenvalue weighted by Crippen LogP contribution is -3.20. The maximum absolute atomic E-state index is 15.5. The summed E-state index contributed by atoms with van der Waals surface area (Å²) in [5.41, 5.74) is 11.7. The topological polar surface area (TPSA) is 715 Å². The molecule has 0 aromatic heterocycles. The van der Waals surface area contributed by atoms with Crippen LogP contribution in [0, 0.1) is 23.7 Å². The lowest BCUT2D eigenvalue weighted by atomic mass is 9.77. The maximum atomic E-state index is 15.5. The third-order valence-electron chi connectivity index (χ3n) is 23.5. The van der Waals surface area contributed by atoms with Gasteiger partial charge in [0.2, 0.25) is 83.0 Å². The average Bonchev–Trinajstić information content (AvgIpc) is 1.63. The SMILES string of the molecule is CC(C=CC1CCCCC1)=CC(O)C1CC(=O)NC(CO)C(=O)NC2CN3CC(CC(NC(=O)CC(O)CC(C(=O)[O-])NC(=O)C(O)CNC(=O)C(C(C)C4CCC(Br)CC4)NC(=O)C(C(O)C(N)=O)NC(=O)C(CC(N)=O)NC2=O)C(=O)NC(C(C)O)C(=O)NC(CO)C(=O)NC(CC2CCCCC2)C(=O)N1)[NH+](C1OC(CO)C(O)C(O)C1O)C3. The van der Waals surface area contributed by atoms with E-state index in [1.807, 2.05) is 16.7 Å². The number of β-amino-alcohol motifs (C(OH)–C–C–N with tert-alkyl or cyclic N) is 1. The molecule has 0 aromatic rings. The number of carbonyl (C=O) groups is 15. The zero-order valence-corrected chi connectivity index (χ0v) is 69.3. The Bertz CT molecular complexity index is 3680.